The number of anilines is 1. The minimum Gasteiger partial charge on any atom is -1.00 e. The lowest BCUT2D eigenvalue weighted by Gasteiger charge is -2.36. The number of rotatable bonds is 7. The Kier molecular flexibility index (Phi) is 10.7. The van der Waals surface area contributed by atoms with Crippen LogP contribution in [-0.2, 0) is 11.3 Å². The number of nitrogens with zero attached hydrogens (tertiary/aromatic N) is 2. The van der Waals surface area contributed by atoms with E-state index in [0.29, 0.717) is 19.8 Å². The van der Waals surface area contributed by atoms with Gasteiger partial charge < -0.3 is 39.6 Å². The zero-order valence-electron chi connectivity index (χ0n) is 15.1. The van der Waals surface area contributed by atoms with E-state index in [0.717, 1.165) is 37.4 Å². The second-order valence-corrected chi connectivity index (χ2v) is 6.42. The van der Waals surface area contributed by atoms with Crippen molar-refractivity contribution >= 4 is 5.69 Å². The summed E-state index contributed by atoms with van der Waals surface area (Å²) in [4.78, 5) is 4.49. The van der Waals surface area contributed by atoms with E-state index in [2.05, 4.69) is 9.80 Å². The van der Waals surface area contributed by atoms with Gasteiger partial charge in [0.25, 0.3) is 0 Å². The Morgan fingerprint density at radius 2 is 1.56 bits per heavy atom. The summed E-state index contributed by atoms with van der Waals surface area (Å²) in [6.45, 7) is 5.00. The van der Waals surface area contributed by atoms with Crippen molar-refractivity contribution in [2.24, 2.45) is 0 Å². The highest BCUT2D eigenvalue weighted by Crippen LogP contribution is 2.17. The molecule has 1 N–H and O–H groups in total. The molecule has 0 spiro atoms. The number of β-amino-alcohol motifs (C(OH)–C–C–N with tert-alkyl or cyclic N) is 1. The standard InChI is InChI=1S/C20H25FN2O2.2ClH/c21-18-6-8-19(9-7-18)23-12-10-22(11-13-23)14-20(24)16-25-15-17-4-2-1-3-5-17;;/h1-9,20,24H,10-16H2;2*1H/p-2. The van der Waals surface area contributed by atoms with Crippen molar-refractivity contribution in [1.82, 2.24) is 4.90 Å². The molecule has 2 aromatic rings. The van der Waals surface area contributed by atoms with Crippen LogP contribution in [-0.4, -0.2) is 55.4 Å². The summed E-state index contributed by atoms with van der Waals surface area (Å²) in [7, 11) is 0. The highest BCUT2D eigenvalue weighted by Gasteiger charge is 2.19. The third-order valence-corrected chi connectivity index (χ3v) is 4.45. The van der Waals surface area contributed by atoms with Crippen LogP contribution in [0.5, 0.6) is 0 Å². The molecule has 1 saturated heterocycles. The monoisotopic (exact) mass is 414 g/mol. The van der Waals surface area contributed by atoms with Gasteiger partial charge in [-0.1, -0.05) is 30.3 Å². The molecule has 0 radical (unpaired) electrons. The van der Waals surface area contributed by atoms with E-state index in [1.54, 1.807) is 0 Å². The molecule has 2 aromatic carbocycles. The van der Waals surface area contributed by atoms with Crippen molar-refractivity contribution in [2.45, 2.75) is 12.7 Å². The van der Waals surface area contributed by atoms with Gasteiger partial charge in [-0.15, -0.1) is 0 Å². The second kappa shape index (κ2) is 12.2. The molecule has 7 heteroatoms. The van der Waals surface area contributed by atoms with E-state index >= 15 is 0 Å². The first-order valence-electron chi connectivity index (χ1n) is 8.73. The minimum atomic E-state index is -0.485. The normalized spacial score (nSPS) is 15.6. The van der Waals surface area contributed by atoms with E-state index in [-0.39, 0.29) is 30.6 Å². The molecule has 0 amide bonds. The van der Waals surface area contributed by atoms with E-state index in [1.807, 2.05) is 42.5 Å². The van der Waals surface area contributed by atoms with Crippen LogP contribution < -0.4 is 29.7 Å². The molecule has 3 rings (SSSR count). The van der Waals surface area contributed by atoms with Gasteiger partial charge in [-0.3, -0.25) is 4.90 Å². The predicted octanol–water partition coefficient (Wildman–Crippen LogP) is -3.47. The third-order valence-electron chi connectivity index (χ3n) is 4.45. The lowest BCUT2D eigenvalue weighted by atomic mass is 10.2. The number of aliphatic hydroxyl groups is 1. The van der Waals surface area contributed by atoms with Gasteiger partial charge in [0.2, 0.25) is 0 Å². The molecule has 150 valence electrons. The molecular weight excluding hydrogens is 390 g/mol. The van der Waals surface area contributed by atoms with Crippen molar-refractivity contribution in [3.8, 4) is 0 Å². The highest BCUT2D eigenvalue weighted by atomic mass is 35.5. The molecule has 1 aliphatic rings. The third kappa shape index (κ3) is 7.64. The lowest BCUT2D eigenvalue weighted by molar-refractivity contribution is -0.001000. The highest BCUT2D eigenvalue weighted by molar-refractivity contribution is 5.46. The number of halogens is 3. The Labute approximate surface area is 172 Å². The average molecular weight is 415 g/mol. The first-order chi connectivity index (χ1) is 12.2. The molecule has 27 heavy (non-hydrogen) atoms. The topological polar surface area (TPSA) is 35.9 Å². The van der Waals surface area contributed by atoms with Crippen LogP contribution in [0, 0.1) is 5.82 Å². The summed E-state index contributed by atoms with van der Waals surface area (Å²) in [5.41, 5.74) is 2.16. The summed E-state index contributed by atoms with van der Waals surface area (Å²) < 4.78 is 18.6. The Hall–Kier alpha value is -1.37. The predicted molar refractivity (Wildman–Crippen MR) is 97.2 cm³/mol. The maximum atomic E-state index is 13.0. The molecule has 1 heterocycles. The SMILES string of the molecule is OC(COCc1ccccc1)CN1CCN(c2ccc(F)cc2)CC1.[Cl-].[Cl-]. The molecule has 1 aliphatic heterocycles. The van der Waals surface area contributed by atoms with Crippen LogP contribution in [0.1, 0.15) is 5.56 Å². The number of piperazine rings is 1. The number of ether oxygens (including phenoxy) is 1. The molecule has 0 saturated carbocycles. The molecule has 1 unspecified atom stereocenters. The van der Waals surface area contributed by atoms with Gasteiger partial charge >= 0.3 is 0 Å². The lowest BCUT2D eigenvalue weighted by Crippen LogP contribution is -3.00. The van der Waals surface area contributed by atoms with Gasteiger partial charge in [0, 0.05) is 38.4 Å². The van der Waals surface area contributed by atoms with Crippen molar-refractivity contribution in [2.75, 3.05) is 44.2 Å². The van der Waals surface area contributed by atoms with E-state index < -0.39 is 6.10 Å². The Bertz CT molecular complexity index is 638. The smallest absolute Gasteiger partial charge is 0.123 e. The fraction of sp³-hybridized carbons (Fsp3) is 0.400. The number of aliphatic hydroxyl groups excluding tert-OH is 1. The quantitative estimate of drug-likeness (QED) is 0.510. The molecule has 4 nitrogen and oxygen atoms in total. The number of hydrogen-bond donors (Lipinski definition) is 1. The molecular formula is C20H25Cl2FN2O2-2. The van der Waals surface area contributed by atoms with Crippen molar-refractivity contribution in [3.63, 3.8) is 0 Å². The zero-order chi connectivity index (χ0) is 17.5. The Morgan fingerprint density at radius 3 is 2.19 bits per heavy atom. The summed E-state index contributed by atoms with van der Waals surface area (Å²) in [5.74, 6) is -0.207. The molecule has 1 atom stereocenters. The summed E-state index contributed by atoms with van der Waals surface area (Å²) >= 11 is 0. The van der Waals surface area contributed by atoms with Crippen molar-refractivity contribution in [1.29, 1.82) is 0 Å². The fourth-order valence-electron chi connectivity index (χ4n) is 3.08. The van der Waals surface area contributed by atoms with E-state index in [4.69, 9.17) is 4.74 Å². The van der Waals surface area contributed by atoms with Gasteiger partial charge in [0.05, 0.1) is 19.3 Å². The van der Waals surface area contributed by atoms with Crippen LogP contribution in [0.15, 0.2) is 54.6 Å². The van der Waals surface area contributed by atoms with Crippen LogP contribution in [0.25, 0.3) is 0 Å². The van der Waals surface area contributed by atoms with Gasteiger partial charge in [-0.25, -0.2) is 4.39 Å². The fourth-order valence-corrected chi connectivity index (χ4v) is 3.08. The molecule has 0 aromatic heterocycles. The van der Waals surface area contributed by atoms with Gasteiger partial charge in [0.15, 0.2) is 0 Å². The van der Waals surface area contributed by atoms with Crippen LogP contribution in [0.4, 0.5) is 10.1 Å². The summed E-state index contributed by atoms with van der Waals surface area (Å²) in [6.07, 6.45) is -0.485. The van der Waals surface area contributed by atoms with E-state index in [9.17, 15) is 9.50 Å². The van der Waals surface area contributed by atoms with Crippen LogP contribution in [0.3, 0.4) is 0 Å². The average Bonchev–Trinajstić information content (AvgIpc) is 2.64. The number of hydrogen-bond acceptors (Lipinski definition) is 4. The second-order valence-electron chi connectivity index (χ2n) is 6.42. The van der Waals surface area contributed by atoms with Gasteiger partial charge in [-0.2, -0.15) is 0 Å². The largest absolute Gasteiger partial charge is 1.00 e. The maximum absolute atomic E-state index is 13.0. The first kappa shape index (κ1) is 23.7. The molecule has 0 bridgehead atoms. The molecule has 1 fully saturated rings. The van der Waals surface area contributed by atoms with Crippen molar-refractivity contribution < 1.29 is 39.0 Å². The van der Waals surface area contributed by atoms with Crippen LogP contribution in [0.2, 0.25) is 0 Å². The zero-order valence-corrected chi connectivity index (χ0v) is 16.6. The van der Waals surface area contributed by atoms with Gasteiger partial charge in [0.1, 0.15) is 5.82 Å². The first-order valence-corrected chi connectivity index (χ1v) is 8.73. The summed E-state index contributed by atoms with van der Waals surface area (Å²) in [5, 5.41) is 10.2. The molecule has 0 aliphatic carbocycles. The Balaban J connectivity index is 0.00000182. The number of benzene rings is 2. The Morgan fingerprint density at radius 1 is 0.926 bits per heavy atom. The van der Waals surface area contributed by atoms with Crippen LogP contribution >= 0.6 is 0 Å². The van der Waals surface area contributed by atoms with E-state index in [1.165, 1.54) is 12.1 Å². The maximum Gasteiger partial charge on any atom is 0.123 e. The van der Waals surface area contributed by atoms with Gasteiger partial charge in [-0.05, 0) is 29.8 Å². The minimum absolute atomic E-state index is 0. The van der Waals surface area contributed by atoms with Crippen molar-refractivity contribution in [3.05, 3.63) is 66.0 Å². The summed E-state index contributed by atoms with van der Waals surface area (Å²) in [6, 6.07) is 16.6.